The molecule has 98 valence electrons. The first-order valence-corrected chi connectivity index (χ1v) is 6.10. The van der Waals surface area contributed by atoms with E-state index < -0.39 is 0 Å². The summed E-state index contributed by atoms with van der Waals surface area (Å²) in [7, 11) is 0. The van der Waals surface area contributed by atoms with Crippen LogP contribution in [0.4, 0.5) is 5.69 Å². The number of nitrogen functional groups attached to an aromatic ring is 1. The summed E-state index contributed by atoms with van der Waals surface area (Å²) in [5, 5.41) is 2.90. The van der Waals surface area contributed by atoms with E-state index >= 15 is 0 Å². The van der Waals surface area contributed by atoms with Crippen LogP contribution in [0.2, 0.25) is 0 Å². The Morgan fingerprint density at radius 3 is 2.53 bits per heavy atom. The molecule has 0 bridgehead atoms. The van der Waals surface area contributed by atoms with Crippen molar-refractivity contribution >= 4 is 11.6 Å². The number of carbonyl (C=O) groups excluding carboxylic acids is 1. The van der Waals surface area contributed by atoms with E-state index in [0.29, 0.717) is 17.8 Å². The Morgan fingerprint density at radius 1 is 1.11 bits per heavy atom. The van der Waals surface area contributed by atoms with E-state index in [1.54, 1.807) is 12.1 Å². The standard InChI is InChI=1S/C15H17N3O/c1-11-6-2-3-7-12(11)10-17-15(19)13-8-4-5-9-14(13)18-16/h2-9,18H,10,16H2,1H3,(H,17,19). The Bertz CT molecular complexity index is 581. The van der Waals surface area contributed by atoms with Crippen molar-refractivity contribution in [3.8, 4) is 0 Å². The van der Waals surface area contributed by atoms with Crippen molar-refractivity contribution in [2.75, 3.05) is 5.43 Å². The van der Waals surface area contributed by atoms with Crippen molar-refractivity contribution in [1.82, 2.24) is 5.32 Å². The number of hydrazine groups is 1. The summed E-state index contributed by atoms with van der Waals surface area (Å²) in [6.07, 6.45) is 0. The van der Waals surface area contributed by atoms with Gasteiger partial charge in [-0.25, -0.2) is 0 Å². The molecule has 4 heteroatoms. The van der Waals surface area contributed by atoms with E-state index in [1.165, 1.54) is 0 Å². The average molecular weight is 255 g/mol. The van der Waals surface area contributed by atoms with E-state index in [1.807, 2.05) is 43.3 Å². The van der Waals surface area contributed by atoms with Gasteiger partial charge in [-0.1, -0.05) is 36.4 Å². The molecule has 4 N–H and O–H groups in total. The van der Waals surface area contributed by atoms with Gasteiger partial charge < -0.3 is 10.7 Å². The molecular weight excluding hydrogens is 238 g/mol. The van der Waals surface area contributed by atoms with Crippen LogP contribution in [0.15, 0.2) is 48.5 Å². The van der Waals surface area contributed by atoms with E-state index in [0.717, 1.165) is 11.1 Å². The van der Waals surface area contributed by atoms with Crippen molar-refractivity contribution < 1.29 is 4.79 Å². The van der Waals surface area contributed by atoms with Gasteiger partial charge in [0.25, 0.3) is 5.91 Å². The molecule has 2 rings (SSSR count). The number of benzene rings is 2. The van der Waals surface area contributed by atoms with Crippen molar-refractivity contribution in [2.24, 2.45) is 5.84 Å². The van der Waals surface area contributed by atoms with Crippen LogP contribution in [-0.2, 0) is 6.54 Å². The molecule has 1 amide bonds. The van der Waals surface area contributed by atoms with E-state index in [4.69, 9.17) is 5.84 Å². The van der Waals surface area contributed by atoms with Crippen molar-refractivity contribution in [2.45, 2.75) is 13.5 Å². The second-order valence-corrected chi connectivity index (χ2v) is 4.30. The minimum atomic E-state index is -0.142. The summed E-state index contributed by atoms with van der Waals surface area (Å²) in [4.78, 5) is 12.1. The zero-order valence-electron chi connectivity index (χ0n) is 10.8. The molecule has 0 fully saturated rings. The molecule has 2 aromatic rings. The number of hydrogen-bond acceptors (Lipinski definition) is 3. The van der Waals surface area contributed by atoms with Gasteiger partial charge in [0.2, 0.25) is 0 Å². The molecule has 0 atom stereocenters. The van der Waals surface area contributed by atoms with Crippen molar-refractivity contribution in [3.05, 3.63) is 65.2 Å². The lowest BCUT2D eigenvalue weighted by Gasteiger charge is -2.10. The van der Waals surface area contributed by atoms with Crippen LogP contribution in [0.3, 0.4) is 0 Å². The number of para-hydroxylation sites is 1. The lowest BCUT2D eigenvalue weighted by molar-refractivity contribution is 0.0951. The third-order valence-electron chi connectivity index (χ3n) is 3.03. The summed E-state index contributed by atoms with van der Waals surface area (Å²) in [6.45, 7) is 2.53. The van der Waals surface area contributed by atoms with Crippen LogP contribution >= 0.6 is 0 Å². The number of nitrogens with one attached hydrogen (secondary N) is 2. The molecule has 0 aliphatic rings. The van der Waals surface area contributed by atoms with E-state index in [-0.39, 0.29) is 5.91 Å². The van der Waals surface area contributed by atoms with E-state index in [9.17, 15) is 4.79 Å². The fourth-order valence-corrected chi connectivity index (χ4v) is 1.89. The second-order valence-electron chi connectivity index (χ2n) is 4.30. The number of aryl methyl sites for hydroxylation is 1. The molecule has 2 aromatic carbocycles. The van der Waals surface area contributed by atoms with Crippen LogP contribution in [0.5, 0.6) is 0 Å². The Morgan fingerprint density at radius 2 is 1.79 bits per heavy atom. The molecule has 19 heavy (non-hydrogen) atoms. The van der Waals surface area contributed by atoms with Gasteiger partial charge in [0.15, 0.2) is 0 Å². The molecule has 0 heterocycles. The largest absolute Gasteiger partial charge is 0.348 e. The highest BCUT2D eigenvalue weighted by molar-refractivity contribution is 5.99. The maximum absolute atomic E-state index is 12.1. The molecule has 4 nitrogen and oxygen atoms in total. The van der Waals surface area contributed by atoms with Crippen molar-refractivity contribution in [1.29, 1.82) is 0 Å². The average Bonchev–Trinajstić information content (AvgIpc) is 2.46. The predicted octanol–water partition coefficient (Wildman–Crippen LogP) is 2.21. The van der Waals surface area contributed by atoms with Crippen LogP contribution in [0, 0.1) is 6.92 Å². The normalized spacial score (nSPS) is 10.0. The zero-order valence-corrected chi connectivity index (χ0v) is 10.8. The smallest absolute Gasteiger partial charge is 0.253 e. The van der Waals surface area contributed by atoms with Crippen LogP contribution in [0.25, 0.3) is 0 Å². The molecule has 0 aliphatic heterocycles. The Balaban J connectivity index is 2.08. The molecular formula is C15H17N3O. The van der Waals surface area contributed by atoms with Gasteiger partial charge in [-0.3, -0.25) is 10.6 Å². The van der Waals surface area contributed by atoms with Gasteiger partial charge >= 0.3 is 0 Å². The van der Waals surface area contributed by atoms with Gasteiger partial charge in [0, 0.05) is 6.54 Å². The first kappa shape index (κ1) is 13.1. The van der Waals surface area contributed by atoms with Crippen LogP contribution < -0.4 is 16.6 Å². The number of hydrogen-bond donors (Lipinski definition) is 3. The third kappa shape index (κ3) is 3.11. The number of amides is 1. The lowest BCUT2D eigenvalue weighted by Crippen LogP contribution is -2.25. The predicted molar refractivity (Wildman–Crippen MR) is 76.6 cm³/mol. The molecule has 0 saturated heterocycles. The SMILES string of the molecule is Cc1ccccc1CNC(=O)c1ccccc1NN. The molecule has 0 radical (unpaired) electrons. The van der Waals surface area contributed by atoms with Gasteiger partial charge in [0.1, 0.15) is 0 Å². The van der Waals surface area contributed by atoms with E-state index in [2.05, 4.69) is 10.7 Å². The van der Waals surface area contributed by atoms with Gasteiger partial charge in [-0.05, 0) is 30.2 Å². The molecule has 0 unspecified atom stereocenters. The fourth-order valence-electron chi connectivity index (χ4n) is 1.89. The second kappa shape index (κ2) is 6.02. The minimum Gasteiger partial charge on any atom is -0.348 e. The summed E-state index contributed by atoms with van der Waals surface area (Å²) in [6, 6.07) is 15.1. The molecule has 0 aliphatic carbocycles. The summed E-state index contributed by atoms with van der Waals surface area (Å²) >= 11 is 0. The molecule has 0 spiro atoms. The summed E-state index contributed by atoms with van der Waals surface area (Å²) in [5.74, 6) is 5.25. The number of carbonyl (C=O) groups is 1. The Hall–Kier alpha value is -2.33. The highest BCUT2D eigenvalue weighted by atomic mass is 16.1. The highest BCUT2D eigenvalue weighted by Gasteiger charge is 2.09. The fraction of sp³-hybridized carbons (Fsp3) is 0.133. The zero-order chi connectivity index (χ0) is 13.7. The maximum atomic E-state index is 12.1. The molecule has 0 saturated carbocycles. The number of anilines is 1. The first-order valence-electron chi connectivity index (χ1n) is 6.10. The third-order valence-corrected chi connectivity index (χ3v) is 3.03. The summed E-state index contributed by atoms with van der Waals surface area (Å²) in [5.41, 5.74) is 5.95. The number of nitrogens with two attached hydrogens (primary N) is 1. The van der Waals surface area contributed by atoms with Crippen molar-refractivity contribution in [3.63, 3.8) is 0 Å². The monoisotopic (exact) mass is 255 g/mol. The lowest BCUT2D eigenvalue weighted by atomic mass is 10.1. The Labute approximate surface area is 112 Å². The number of rotatable bonds is 4. The Kier molecular flexibility index (Phi) is 4.15. The first-order chi connectivity index (χ1) is 9.22. The van der Waals surface area contributed by atoms with Gasteiger partial charge in [0.05, 0.1) is 11.3 Å². The highest BCUT2D eigenvalue weighted by Crippen LogP contribution is 2.13. The summed E-state index contributed by atoms with van der Waals surface area (Å²) < 4.78 is 0. The van der Waals surface area contributed by atoms with Gasteiger partial charge in [-0.2, -0.15) is 0 Å². The molecule has 0 aromatic heterocycles. The van der Waals surface area contributed by atoms with Gasteiger partial charge in [-0.15, -0.1) is 0 Å². The maximum Gasteiger partial charge on any atom is 0.253 e. The topological polar surface area (TPSA) is 67.2 Å². The minimum absolute atomic E-state index is 0.142. The quantitative estimate of drug-likeness (QED) is 0.579. The van der Waals surface area contributed by atoms with Crippen LogP contribution in [0.1, 0.15) is 21.5 Å². The van der Waals surface area contributed by atoms with Crippen LogP contribution in [-0.4, -0.2) is 5.91 Å².